The van der Waals surface area contributed by atoms with Crippen molar-refractivity contribution in [2.75, 3.05) is 0 Å². The van der Waals surface area contributed by atoms with Gasteiger partial charge in [0.2, 0.25) is 0 Å². The molecule has 0 spiro atoms. The summed E-state index contributed by atoms with van der Waals surface area (Å²) in [5, 5.41) is 9.42. The lowest BCUT2D eigenvalue weighted by Gasteiger charge is -2.03. The molecule has 0 radical (unpaired) electrons. The number of pyridine rings is 1. The van der Waals surface area contributed by atoms with Gasteiger partial charge in [-0.2, -0.15) is 5.26 Å². The van der Waals surface area contributed by atoms with E-state index >= 15 is 0 Å². The monoisotopic (exact) mass is 214 g/mol. The summed E-state index contributed by atoms with van der Waals surface area (Å²) in [5.41, 5.74) is 1.95. The van der Waals surface area contributed by atoms with Crippen LogP contribution in [0.2, 0.25) is 5.02 Å². The minimum absolute atomic E-state index is 0.422. The van der Waals surface area contributed by atoms with E-state index in [2.05, 4.69) is 11.1 Å². The number of halogens is 1. The summed E-state index contributed by atoms with van der Waals surface area (Å²) in [6.45, 7) is 0. The second kappa shape index (κ2) is 4.12. The summed E-state index contributed by atoms with van der Waals surface area (Å²) in [5.74, 6) is 0. The van der Waals surface area contributed by atoms with Crippen LogP contribution in [0.25, 0.3) is 11.3 Å². The first kappa shape index (κ1) is 9.70. The van der Waals surface area contributed by atoms with E-state index in [0.717, 1.165) is 5.56 Å². The third-order valence-electron chi connectivity index (χ3n) is 2.06. The van der Waals surface area contributed by atoms with Crippen LogP contribution in [0.15, 0.2) is 42.6 Å². The van der Waals surface area contributed by atoms with E-state index in [1.165, 1.54) is 0 Å². The van der Waals surface area contributed by atoms with Crippen LogP contribution in [0.3, 0.4) is 0 Å². The second-order valence-corrected chi connectivity index (χ2v) is 3.40. The average Bonchev–Trinajstić information content (AvgIpc) is 2.30. The fourth-order valence-corrected chi connectivity index (χ4v) is 1.55. The van der Waals surface area contributed by atoms with E-state index < -0.39 is 0 Å². The zero-order valence-corrected chi connectivity index (χ0v) is 8.57. The summed E-state index contributed by atoms with van der Waals surface area (Å²) in [6.07, 6.45) is 1.60. The third kappa shape index (κ3) is 1.83. The minimum Gasteiger partial charge on any atom is -0.255 e. The Kier molecular flexibility index (Phi) is 2.66. The Balaban J connectivity index is 2.65. The van der Waals surface area contributed by atoms with Gasteiger partial charge in [-0.15, -0.1) is 0 Å². The molecule has 0 saturated carbocycles. The van der Waals surface area contributed by atoms with E-state index in [4.69, 9.17) is 16.9 Å². The maximum Gasteiger partial charge on any atom is 0.103 e. The lowest BCUT2D eigenvalue weighted by Crippen LogP contribution is -1.89. The Morgan fingerprint density at radius 2 is 1.87 bits per heavy atom. The number of hydrogen-bond acceptors (Lipinski definition) is 2. The fraction of sp³-hybridized carbons (Fsp3) is 0. The molecule has 1 aromatic heterocycles. The van der Waals surface area contributed by atoms with Crippen LogP contribution in [0.1, 0.15) is 5.56 Å². The quantitative estimate of drug-likeness (QED) is 0.731. The van der Waals surface area contributed by atoms with Gasteiger partial charge in [0.15, 0.2) is 0 Å². The lowest BCUT2D eigenvalue weighted by atomic mass is 10.1. The number of hydrogen-bond donors (Lipinski definition) is 0. The number of rotatable bonds is 1. The van der Waals surface area contributed by atoms with Crippen molar-refractivity contribution >= 4 is 11.6 Å². The molecule has 0 fully saturated rings. The number of benzene rings is 1. The molecule has 0 saturated heterocycles. The van der Waals surface area contributed by atoms with Crippen LogP contribution in [0, 0.1) is 11.3 Å². The molecule has 15 heavy (non-hydrogen) atoms. The summed E-state index contributed by atoms with van der Waals surface area (Å²) in [4.78, 5) is 4.17. The second-order valence-electron chi connectivity index (χ2n) is 2.99. The van der Waals surface area contributed by atoms with Crippen LogP contribution in [0.5, 0.6) is 0 Å². The molecule has 0 aliphatic carbocycles. The standard InChI is InChI=1S/C12H7ClN2/c13-11-6-7-15-12(10(11)8-14)9-4-2-1-3-5-9/h1-7H. The molecule has 0 unspecified atom stereocenters. The van der Waals surface area contributed by atoms with E-state index in [1.807, 2.05) is 30.3 Å². The van der Waals surface area contributed by atoms with Crippen molar-refractivity contribution < 1.29 is 0 Å². The molecular formula is C12H7ClN2. The summed E-state index contributed by atoms with van der Waals surface area (Å²) in [6, 6.07) is 13.2. The predicted octanol–water partition coefficient (Wildman–Crippen LogP) is 3.27. The molecule has 0 aliphatic rings. The fourth-order valence-electron chi connectivity index (χ4n) is 1.36. The molecular weight excluding hydrogens is 208 g/mol. The minimum atomic E-state index is 0.422. The van der Waals surface area contributed by atoms with Gasteiger partial charge in [-0.05, 0) is 6.07 Å². The van der Waals surface area contributed by atoms with Crippen molar-refractivity contribution in [2.45, 2.75) is 0 Å². The van der Waals surface area contributed by atoms with Gasteiger partial charge in [0, 0.05) is 11.8 Å². The highest BCUT2D eigenvalue weighted by Gasteiger charge is 2.08. The van der Waals surface area contributed by atoms with Crippen molar-refractivity contribution in [1.82, 2.24) is 4.98 Å². The largest absolute Gasteiger partial charge is 0.255 e. The van der Waals surface area contributed by atoms with Crippen molar-refractivity contribution in [3.63, 3.8) is 0 Å². The van der Waals surface area contributed by atoms with Crippen molar-refractivity contribution in [3.8, 4) is 17.3 Å². The summed E-state index contributed by atoms with van der Waals surface area (Å²) < 4.78 is 0. The van der Waals surface area contributed by atoms with Gasteiger partial charge in [0.25, 0.3) is 0 Å². The van der Waals surface area contributed by atoms with Gasteiger partial charge in [-0.1, -0.05) is 41.9 Å². The molecule has 0 amide bonds. The topological polar surface area (TPSA) is 36.7 Å². The Morgan fingerprint density at radius 3 is 2.53 bits per heavy atom. The van der Waals surface area contributed by atoms with Gasteiger partial charge in [-0.3, -0.25) is 4.98 Å². The van der Waals surface area contributed by atoms with Crippen molar-refractivity contribution in [1.29, 1.82) is 5.26 Å². The van der Waals surface area contributed by atoms with Gasteiger partial charge in [-0.25, -0.2) is 0 Å². The Labute approximate surface area is 92.8 Å². The molecule has 72 valence electrons. The van der Waals surface area contributed by atoms with Gasteiger partial charge < -0.3 is 0 Å². The first-order valence-corrected chi connectivity index (χ1v) is 4.81. The molecule has 2 aromatic rings. The highest BCUT2D eigenvalue weighted by molar-refractivity contribution is 6.32. The molecule has 0 bridgehead atoms. The highest BCUT2D eigenvalue weighted by atomic mass is 35.5. The van der Waals surface area contributed by atoms with Gasteiger partial charge >= 0.3 is 0 Å². The third-order valence-corrected chi connectivity index (χ3v) is 2.37. The highest BCUT2D eigenvalue weighted by Crippen LogP contribution is 2.25. The molecule has 3 heteroatoms. The Morgan fingerprint density at radius 1 is 1.13 bits per heavy atom. The smallest absolute Gasteiger partial charge is 0.103 e. The zero-order valence-electron chi connectivity index (χ0n) is 7.81. The first-order chi connectivity index (χ1) is 7.33. The lowest BCUT2D eigenvalue weighted by molar-refractivity contribution is 1.30. The molecule has 0 N–H and O–H groups in total. The molecule has 1 heterocycles. The molecule has 2 rings (SSSR count). The normalized spacial score (nSPS) is 9.60. The van der Waals surface area contributed by atoms with Crippen LogP contribution in [-0.2, 0) is 0 Å². The Bertz CT molecular complexity index is 515. The average molecular weight is 215 g/mol. The van der Waals surface area contributed by atoms with Crippen LogP contribution in [0.4, 0.5) is 0 Å². The maximum absolute atomic E-state index is 8.99. The predicted molar refractivity (Wildman–Crippen MR) is 59.4 cm³/mol. The number of aromatic nitrogens is 1. The summed E-state index contributed by atoms with van der Waals surface area (Å²) >= 11 is 5.92. The number of nitrogens with zero attached hydrogens (tertiary/aromatic N) is 2. The molecule has 0 atom stereocenters. The van der Waals surface area contributed by atoms with E-state index in [-0.39, 0.29) is 0 Å². The zero-order chi connectivity index (χ0) is 10.7. The number of nitriles is 1. The SMILES string of the molecule is N#Cc1c(Cl)ccnc1-c1ccccc1. The first-order valence-electron chi connectivity index (χ1n) is 4.43. The van der Waals surface area contributed by atoms with Crippen LogP contribution < -0.4 is 0 Å². The maximum atomic E-state index is 8.99. The van der Waals surface area contributed by atoms with Crippen LogP contribution >= 0.6 is 11.6 Å². The van der Waals surface area contributed by atoms with Gasteiger partial charge in [0.1, 0.15) is 6.07 Å². The van der Waals surface area contributed by atoms with Crippen molar-refractivity contribution in [2.24, 2.45) is 0 Å². The molecule has 2 nitrogen and oxygen atoms in total. The van der Waals surface area contributed by atoms with E-state index in [0.29, 0.717) is 16.3 Å². The van der Waals surface area contributed by atoms with Crippen LogP contribution in [-0.4, -0.2) is 4.98 Å². The Hall–Kier alpha value is -1.85. The van der Waals surface area contributed by atoms with E-state index in [1.54, 1.807) is 12.3 Å². The summed E-state index contributed by atoms with van der Waals surface area (Å²) in [7, 11) is 0. The van der Waals surface area contributed by atoms with Gasteiger partial charge in [0.05, 0.1) is 16.3 Å². The molecule has 0 aliphatic heterocycles. The van der Waals surface area contributed by atoms with Crippen molar-refractivity contribution in [3.05, 3.63) is 53.2 Å². The molecule has 1 aromatic carbocycles. The van der Waals surface area contributed by atoms with E-state index in [9.17, 15) is 0 Å².